The van der Waals surface area contributed by atoms with E-state index < -0.39 is 5.91 Å². The summed E-state index contributed by atoms with van der Waals surface area (Å²) >= 11 is 0. The summed E-state index contributed by atoms with van der Waals surface area (Å²) in [6.45, 7) is 0.462. The van der Waals surface area contributed by atoms with E-state index in [1.165, 1.54) is 0 Å². The van der Waals surface area contributed by atoms with Gasteiger partial charge in [0, 0.05) is 23.6 Å². The maximum Gasteiger partial charge on any atom is 0.269 e. The normalized spacial score (nSPS) is 16.5. The van der Waals surface area contributed by atoms with Crippen molar-refractivity contribution in [3.05, 3.63) is 47.9 Å². The summed E-state index contributed by atoms with van der Waals surface area (Å²) < 4.78 is 12.9. The van der Waals surface area contributed by atoms with Gasteiger partial charge in [-0.2, -0.15) is 5.10 Å². The highest BCUT2D eigenvalue weighted by Crippen LogP contribution is 2.35. The van der Waals surface area contributed by atoms with Gasteiger partial charge >= 0.3 is 0 Å². The number of nitrogens with zero attached hydrogens (tertiary/aromatic N) is 3. The SMILES string of the molecule is COc1ccc2ncc3c(c2c1)CC(n1ccc(C(N)=O)n1)CO3. The van der Waals surface area contributed by atoms with Gasteiger partial charge in [-0.15, -0.1) is 0 Å². The van der Waals surface area contributed by atoms with Gasteiger partial charge in [-0.25, -0.2) is 0 Å². The lowest BCUT2D eigenvalue weighted by molar-refractivity contribution is 0.0993. The molecule has 0 bridgehead atoms. The zero-order valence-corrected chi connectivity index (χ0v) is 13.1. The number of rotatable bonds is 3. The average Bonchev–Trinajstić information content (AvgIpc) is 3.11. The predicted octanol–water partition coefficient (Wildman–Crippen LogP) is 1.71. The van der Waals surface area contributed by atoms with Gasteiger partial charge in [-0.1, -0.05) is 0 Å². The fraction of sp³-hybridized carbons (Fsp3) is 0.235. The summed E-state index contributed by atoms with van der Waals surface area (Å²) in [4.78, 5) is 15.7. The fourth-order valence-corrected chi connectivity index (χ4v) is 2.99. The number of pyridine rings is 1. The summed E-state index contributed by atoms with van der Waals surface area (Å²) in [6, 6.07) is 7.38. The Morgan fingerprint density at radius 1 is 1.42 bits per heavy atom. The topological polar surface area (TPSA) is 92.3 Å². The van der Waals surface area contributed by atoms with Crippen molar-refractivity contribution in [2.45, 2.75) is 12.5 Å². The van der Waals surface area contributed by atoms with E-state index in [9.17, 15) is 4.79 Å². The van der Waals surface area contributed by atoms with Crippen LogP contribution in [0.15, 0.2) is 36.7 Å². The van der Waals surface area contributed by atoms with Gasteiger partial charge in [-0.05, 0) is 24.3 Å². The fourth-order valence-electron chi connectivity index (χ4n) is 2.99. The lowest BCUT2D eigenvalue weighted by Gasteiger charge is -2.26. The van der Waals surface area contributed by atoms with E-state index in [1.807, 2.05) is 18.2 Å². The first-order valence-corrected chi connectivity index (χ1v) is 7.59. The molecule has 7 heteroatoms. The number of carbonyl (C=O) groups excluding carboxylic acids is 1. The van der Waals surface area contributed by atoms with Gasteiger partial charge in [0.1, 0.15) is 23.8 Å². The van der Waals surface area contributed by atoms with E-state index in [1.54, 1.807) is 30.3 Å². The van der Waals surface area contributed by atoms with E-state index in [2.05, 4.69) is 10.1 Å². The maximum atomic E-state index is 11.2. The van der Waals surface area contributed by atoms with Crippen LogP contribution in [0.2, 0.25) is 0 Å². The smallest absolute Gasteiger partial charge is 0.269 e. The second-order valence-electron chi connectivity index (χ2n) is 5.70. The van der Waals surface area contributed by atoms with Gasteiger partial charge in [0.15, 0.2) is 0 Å². The average molecular weight is 324 g/mol. The van der Waals surface area contributed by atoms with Crippen LogP contribution in [0.25, 0.3) is 10.9 Å². The van der Waals surface area contributed by atoms with Crippen LogP contribution < -0.4 is 15.2 Å². The van der Waals surface area contributed by atoms with Crippen LogP contribution in [0.4, 0.5) is 0 Å². The molecule has 1 unspecified atom stereocenters. The van der Waals surface area contributed by atoms with Crippen LogP contribution in [0.3, 0.4) is 0 Å². The summed E-state index contributed by atoms with van der Waals surface area (Å²) in [5, 5.41) is 5.24. The largest absolute Gasteiger partial charge is 0.497 e. The molecule has 3 aromatic rings. The number of nitrogens with two attached hydrogens (primary N) is 1. The molecule has 1 aliphatic heterocycles. The monoisotopic (exact) mass is 324 g/mol. The second-order valence-corrected chi connectivity index (χ2v) is 5.70. The van der Waals surface area contributed by atoms with Crippen LogP contribution in [-0.4, -0.2) is 34.4 Å². The van der Waals surface area contributed by atoms with Crippen molar-refractivity contribution in [1.82, 2.24) is 14.8 Å². The van der Waals surface area contributed by atoms with Crippen molar-refractivity contribution >= 4 is 16.8 Å². The molecule has 1 aromatic carbocycles. The molecular weight excluding hydrogens is 308 g/mol. The Bertz CT molecular complexity index is 929. The number of methoxy groups -OCH3 is 1. The summed E-state index contributed by atoms with van der Waals surface area (Å²) in [5.74, 6) is 1.01. The molecule has 24 heavy (non-hydrogen) atoms. The predicted molar refractivity (Wildman–Crippen MR) is 87.3 cm³/mol. The number of hydrogen-bond donors (Lipinski definition) is 1. The third-order valence-corrected chi connectivity index (χ3v) is 4.25. The van der Waals surface area contributed by atoms with Crippen LogP contribution in [-0.2, 0) is 6.42 Å². The number of ether oxygens (including phenoxy) is 2. The van der Waals surface area contributed by atoms with Gasteiger partial charge in [-0.3, -0.25) is 14.5 Å². The van der Waals surface area contributed by atoms with Gasteiger partial charge in [0.05, 0.1) is 24.9 Å². The van der Waals surface area contributed by atoms with Crippen molar-refractivity contribution in [3.8, 4) is 11.5 Å². The highest BCUT2D eigenvalue weighted by Gasteiger charge is 2.25. The van der Waals surface area contributed by atoms with Crippen LogP contribution in [0.5, 0.6) is 11.5 Å². The molecule has 0 radical (unpaired) electrons. The third-order valence-electron chi connectivity index (χ3n) is 4.25. The van der Waals surface area contributed by atoms with E-state index in [0.717, 1.165) is 34.4 Å². The van der Waals surface area contributed by atoms with E-state index in [-0.39, 0.29) is 11.7 Å². The molecule has 3 heterocycles. The first kappa shape index (κ1) is 14.5. The Kier molecular flexibility index (Phi) is 3.34. The molecule has 0 saturated carbocycles. The van der Waals surface area contributed by atoms with Crippen LogP contribution >= 0.6 is 0 Å². The number of fused-ring (bicyclic) bond motifs is 3. The molecular formula is C17H16N4O3. The molecule has 0 fully saturated rings. The number of benzene rings is 1. The zero-order chi connectivity index (χ0) is 16.7. The standard InChI is InChI=1S/C17H16N4O3/c1-23-11-2-3-14-12(7-11)13-6-10(9-24-16(13)8-19-14)21-5-4-15(20-21)17(18)22/h2-5,7-8,10H,6,9H2,1H3,(H2,18,22). The molecule has 4 rings (SSSR count). The quantitative estimate of drug-likeness (QED) is 0.792. The lowest BCUT2D eigenvalue weighted by Crippen LogP contribution is -2.25. The number of carbonyl (C=O) groups is 1. The molecule has 0 saturated heterocycles. The summed E-state index contributed by atoms with van der Waals surface area (Å²) in [7, 11) is 1.64. The lowest BCUT2D eigenvalue weighted by atomic mass is 9.99. The van der Waals surface area contributed by atoms with Crippen LogP contribution in [0, 0.1) is 0 Å². The maximum absolute atomic E-state index is 11.2. The zero-order valence-electron chi connectivity index (χ0n) is 13.1. The summed E-state index contributed by atoms with van der Waals surface area (Å²) in [6.07, 6.45) is 4.22. The Morgan fingerprint density at radius 3 is 3.04 bits per heavy atom. The Morgan fingerprint density at radius 2 is 2.29 bits per heavy atom. The highest BCUT2D eigenvalue weighted by atomic mass is 16.5. The number of hydrogen-bond acceptors (Lipinski definition) is 5. The van der Waals surface area contributed by atoms with Crippen molar-refractivity contribution in [2.24, 2.45) is 5.73 Å². The Hall–Kier alpha value is -3.09. The molecule has 0 aliphatic carbocycles. The number of aromatic nitrogens is 3. The van der Waals surface area contributed by atoms with E-state index >= 15 is 0 Å². The van der Waals surface area contributed by atoms with Crippen molar-refractivity contribution in [2.75, 3.05) is 13.7 Å². The highest BCUT2D eigenvalue weighted by molar-refractivity contribution is 5.90. The molecule has 122 valence electrons. The molecule has 1 amide bonds. The summed E-state index contributed by atoms with van der Waals surface area (Å²) in [5.41, 5.74) is 7.47. The Labute approximate surface area is 138 Å². The van der Waals surface area contributed by atoms with Gasteiger partial charge < -0.3 is 15.2 Å². The third kappa shape index (κ3) is 2.34. The number of primary amides is 1. The molecule has 7 nitrogen and oxygen atoms in total. The van der Waals surface area contributed by atoms with Crippen LogP contribution in [0.1, 0.15) is 22.1 Å². The minimum Gasteiger partial charge on any atom is -0.497 e. The second kappa shape index (κ2) is 5.52. The minimum atomic E-state index is -0.537. The minimum absolute atomic E-state index is 0.0117. The molecule has 2 aromatic heterocycles. The van der Waals surface area contributed by atoms with E-state index in [0.29, 0.717) is 6.61 Å². The Balaban J connectivity index is 1.74. The number of amides is 1. The first-order chi connectivity index (χ1) is 11.7. The van der Waals surface area contributed by atoms with Gasteiger partial charge in [0.2, 0.25) is 0 Å². The molecule has 0 spiro atoms. The van der Waals surface area contributed by atoms with Gasteiger partial charge in [0.25, 0.3) is 5.91 Å². The first-order valence-electron chi connectivity index (χ1n) is 7.59. The van der Waals surface area contributed by atoms with Crippen molar-refractivity contribution in [3.63, 3.8) is 0 Å². The van der Waals surface area contributed by atoms with Crippen molar-refractivity contribution < 1.29 is 14.3 Å². The van der Waals surface area contributed by atoms with E-state index in [4.69, 9.17) is 15.2 Å². The molecule has 1 atom stereocenters. The van der Waals surface area contributed by atoms with Crippen molar-refractivity contribution in [1.29, 1.82) is 0 Å². The molecule has 1 aliphatic rings. The molecule has 2 N–H and O–H groups in total.